The lowest BCUT2D eigenvalue weighted by atomic mass is 10.1. The Morgan fingerprint density at radius 3 is 2.11 bits per heavy atom. The zero-order valence-corrected chi connectivity index (χ0v) is 16.5. The third-order valence-corrected chi connectivity index (χ3v) is 5.24. The van der Waals surface area contributed by atoms with Gasteiger partial charge in [-0.05, 0) is 42.8 Å². The fourth-order valence-corrected chi connectivity index (χ4v) is 3.40. The largest absolute Gasteiger partial charge is 0.324 e. The summed E-state index contributed by atoms with van der Waals surface area (Å²) in [6.07, 6.45) is 1.72. The minimum Gasteiger partial charge on any atom is -0.324 e. The highest BCUT2D eigenvalue weighted by molar-refractivity contribution is 6.43. The summed E-state index contributed by atoms with van der Waals surface area (Å²) in [5.74, 6) is -2.13. The number of hydrogen-bond donors (Lipinski definition) is 1. The van der Waals surface area contributed by atoms with Crippen LogP contribution in [0.3, 0.4) is 0 Å². The van der Waals surface area contributed by atoms with Crippen LogP contribution in [-0.4, -0.2) is 28.7 Å². The number of anilines is 1. The molecule has 0 saturated heterocycles. The molecule has 1 aliphatic rings. The first-order chi connectivity index (χ1) is 13.3. The predicted octanol–water partition coefficient (Wildman–Crippen LogP) is 4.93. The molecule has 1 heterocycles. The molecule has 0 radical (unpaired) electrons. The Morgan fingerprint density at radius 2 is 1.61 bits per heavy atom. The summed E-state index contributed by atoms with van der Waals surface area (Å²) in [7, 11) is 0. The molecule has 0 aliphatic carbocycles. The van der Waals surface area contributed by atoms with E-state index in [4.69, 9.17) is 23.2 Å². The summed E-state index contributed by atoms with van der Waals surface area (Å²) in [6, 6.07) is 6.92. The van der Waals surface area contributed by atoms with Crippen molar-refractivity contribution in [1.82, 2.24) is 4.90 Å². The number of carbonyl (C=O) groups is 3. The number of nitrogens with one attached hydrogen (secondary N) is 1. The highest BCUT2D eigenvalue weighted by atomic mass is 35.5. The molecular formula is C20H17Cl2FN2O3. The van der Waals surface area contributed by atoms with Crippen molar-refractivity contribution < 1.29 is 18.8 Å². The average molecular weight is 423 g/mol. The molecule has 3 rings (SSSR count). The van der Waals surface area contributed by atoms with Crippen molar-refractivity contribution in [3.63, 3.8) is 0 Å². The van der Waals surface area contributed by atoms with Gasteiger partial charge in [-0.1, -0.05) is 43.0 Å². The maximum absolute atomic E-state index is 13.1. The molecule has 5 nitrogen and oxygen atoms in total. The Kier molecular flexibility index (Phi) is 6.01. The van der Waals surface area contributed by atoms with Crippen LogP contribution in [0, 0.1) is 5.82 Å². The van der Waals surface area contributed by atoms with E-state index in [0.717, 1.165) is 11.3 Å². The molecule has 0 saturated carbocycles. The minimum absolute atomic E-state index is 0.121. The van der Waals surface area contributed by atoms with Crippen molar-refractivity contribution in [3.8, 4) is 0 Å². The Bertz CT molecular complexity index is 906. The molecular weight excluding hydrogens is 406 g/mol. The summed E-state index contributed by atoms with van der Waals surface area (Å²) in [4.78, 5) is 39.5. The van der Waals surface area contributed by atoms with E-state index in [1.807, 2.05) is 6.92 Å². The van der Waals surface area contributed by atoms with E-state index in [1.165, 1.54) is 36.4 Å². The van der Waals surface area contributed by atoms with Crippen molar-refractivity contribution in [2.45, 2.75) is 32.2 Å². The molecule has 0 bridgehead atoms. The van der Waals surface area contributed by atoms with E-state index in [9.17, 15) is 18.8 Å². The summed E-state index contributed by atoms with van der Waals surface area (Å²) >= 11 is 11.9. The van der Waals surface area contributed by atoms with E-state index in [2.05, 4.69) is 5.32 Å². The molecule has 3 amide bonds. The minimum atomic E-state index is -1.00. The van der Waals surface area contributed by atoms with Gasteiger partial charge in [-0.15, -0.1) is 0 Å². The Labute approximate surface area is 171 Å². The van der Waals surface area contributed by atoms with Crippen LogP contribution in [0.25, 0.3) is 0 Å². The summed E-state index contributed by atoms with van der Waals surface area (Å²) in [5.41, 5.74) is 0.613. The zero-order valence-electron chi connectivity index (χ0n) is 15.0. The zero-order chi connectivity index (χ0) is 20.4. The second-order valence-corrected chi connectivity index (χ2v) is 7.26. The molecule has 1 N–H and O–H groups in total. The number of halogens is 3. The van der Waals surface area contributed by atoms with Gasteiger partial charge in [-0.25, -0.2) is 4.39 Å². The summed E-state index contributed by atoms with van der Waals surface area (Å²) in [5, 5.41) is 2.96. The Morgan fingerprint density at radius 1 is 1.07 bits per heavy atom. The predicted molar refractivity (Wildman–Crippen MR) is 105 cm³/mol. The molecule has 0 aromatic heterocycles. The molecule has 2 aromatic rings. The SMILES string of the molecule is CCCCC(C(=O)Nc1ccc(F)cc1)N1C(=O)c2cc(Cl)c(Cl)cc2C1=O. The van der Waals surface area contributed by atoms with Crippen LogP contribution >= 0.6 is 23.2 Å². The number of hydrogen-bond acceptors (Lipinski definition) is 3. The van der Waals surface area contributed by atoms with Gasteiger partial charge >= 0.3 is 0 Å². The molecule has 8 heteroatoms. The molecule has 1 unspecified atom stereocenters. The normalized spacial score (nSPS) is 14.2. The van der Waals surface area contributed by atoms with E-state index in [0.29, 0.717) is 18.5 Å². The smallest absolute Gasteiger partial charge is 0.262 e. The monoisotopic (exact) mass is 422 g/mol. The number of benzene rings is 2. The molecule has 1 atom stereocenters. The van der Waals surface area contributed by atoms with Crippen molar-refractivity contribution >= 4 is 46.6 Å². The third-order valence-electron chi connectivity index (χ3n) is 4.52. The van der Waals surface area contributed by atoms with Crippen molar-refractivity contribution in [2.75, 3.05) is 5.32 Å². The van der Waals surface area contributed by atoms with Crippen LogP contribution in [-0.2, 0) is 4.79 Å². The van der Waals surface area contributed by atoms with Crippen LogP contribution in [0.15, 0.2) is 36.4 Å². The number of fused-ring (bicyclic) bond motifs is 1. The highest BCUT2D eigenvalue weighted by Gasteiger charge is 2.43. The van der Waals surface area contributed by atoms with Crippen LogP contribution in [0.1, 0.15) is 46.9 Å². The van der Waals surface area contributed by atoms with E-state index in [1.54, 1.807) is 0 Å². The Balaban J connectivity index is 1.91. The number of imide groups is 1. The van der Waals surface area contributed by atoms with Gasteiger partial charge in [0.1, 0.15) is 11.9 Å². The van der Waals surface area contributed by atoms with Crippen molar-refractivity contribution in [1.29, 1.82) is 0 Å². The standard InChI is InChI=1S/C20H17Cl2FN2O3/c1-2-3-4-17(18(26)24-12-7-5-11(23)6-8-12)25-19(27)13-9-15(21)16(22)10-14(13)20(25)28/h5-10,17H,2-4H2,1H3,(H,24,26). The van der Waals surface area contributed by atoms with Gasteiger partial charge in [0.25, 0.3) is 11.8 Å². The first kappa shape index (κ1) is 20.3. The molecule has 0 spiro atoms. The van der Waals surface area contributed by atoms with Gasteiger partial charge in [0.05, 0.1) is 21.2 Å². The van der Waals surface area contributed by atoms with Gasteiger partial charge < -0.3 is 5.32 Å². The average Bonchev–Trinajstić information content (AvgIpc) is 2.89. The highest BCUT2D eigenvalue weighted by Crippen LogP contribution is 2.33. The second-order valence-electron chi connectivity index (χ2n) is 6.45. The van der Waals surface area contributed by atoms with Gasteiger partial charge in [-0.2, -0.15) is 0 Å². The van der Waals surface area contributed by atoms with Crippen LogP contribution < -0.4 is 5.32 Å². The van der Waals surface area contributed by atoms with Gasteiger partial charge in [0.15, 0.2) is 0 Å². The van der Waals surface area contributed by atoms with E-state index in [-0.39, 0.29) is 21.2 Å². The Hall–Kier alpha value is -2.44. The third kappa shape index (κ3) is 3.88. The maximum atomic E-state index is 13.1. The van der Waals surface area contributed by atoms with Crippen LogP contribution in [0.4, 0.5) is 10.1 Å². The molecule has 146 valence electrons. The fraction of sp³-hybridized carbons (Fsp3) is 0.250. The number of unbranched alkanes of at least 4 members (excludes halogenated alkanes) is 1. The van der Waals surface area contributed by atoms with Gasteiger partial charge in [-0.3, -0.25) is 19.3 Å². The molecule has 1 aliphatic heterocycles. The molecule has 28 heavy (non-hydrogen) atoms. The number of rotatable bonds is 6. The summed E-state index contributed by atoms with van der Waals surface area (Å²) in [6.45, 7) is 1.94. The number of nitrogens with zero attached hydrogens (tertiary/aromatic N) is 1. The van der Waals surface area contributed by atoms with Gasteiger partial charge in [0.2, 0.25) is 5.91 Å². The fourth-order valence-electron chi connectivity index (χ4n) is 3.07. The van der Waals surface area contributed by atoms with Crippen molar-refractivity contribution in [2.24, 2.45) is 0 Å². The maximum Gasteiger partial charge on any atom is 0.262 e. The lowest BCUT2D eigenvalue weighted by molar-refractivity contribution is -0.120. The van der Waals surface area contributed by atoms with Crippen molar-refractivity contribution in [3.05, 3.63) is 63.4 Å². The number of amides is 3. The van der Waals surface area contributed by atoms with E-state index < -0.39 is 29.6 Å². The quantitative estimate of drug-likeness (QED) is 0.671. The first-order valence-corrected chi connectivity index (χ1v) is 9.52. The van der Waals surface area contributed by atoms with Crippen LogP contribution in [0.5, 0.6) is 0 Å². The first-order valence-electron chi connectivity index (χ1n) is 8.76. The van der Waals surface area contributed by atoms with Gasteiger partial charge in [0, 0.05) is 5.69 Å². The molecule has 0 fully saturated rings. The number of carbonyl (C=O) groups excluding carboxylic acids is 3. The topological polar surface area (TPSA) is 66.5 Å². The summed E-state index contributed by atoms with van der Waals surface area (Å²) < 4.78 is 13.1. The second kappa shape index (κ2) is 8.29. The lowest BCUT2D eigenvalue weighted by Gasteiger charge is -2.25. The lowest BCUT2D eigenvalue weighted by Crippen LogP contribution is -2.47. The van der Waals surface area contributed by atoms with E-state index >= 15 is 0 Å². The molecule has 2 aromatic carbocycles. The van der Waals surface area contributed by atoms with Crippen LogP contribution in [0.2, 0.25) is 10.0 Å².